The number of rotatable bonds is 5. The Bertz CT molecular complexity index is 589. The highest BCUT2D eigenvalue weighted by Crippen LogP contribution is 2.25. The highest BCUT2D eigenvalue weighted by atomic mass is 32.2. The minimum atomic E-state index is -3.79. The van der Waals surface area contributed by atoms with E-state index in [1.807, 2.05) is 6.92 Å². The van der Waals surface area contributed by atoms with E-state index in [0.717, 1.165) is 6.07 Å². The van der Waals surface area contributed by atoms with E-state index < -0.39 is 21.9 Å². The van der Waals surface area contributed by atoms with Crippen LogP contribution in [0.2, 0.25) is 0 Å². The smallest absolute Gasteiger partial charge is 0.241 e. The number of benzene rings is 1. The van der Waals surface area contributed by atoms with Gasteiger partial charge in [0.2, 0.25) is 10.0 Å². The second-order valence-corrected chi connectivity index (χ2v) is 6.67. The lowest BCUT2D eigenvalue weighted by atomic mass is 9.84. The highest BCUT2D eigenvalue weighted by molar-refractivity contribution is 7.89. The average Bonchev–Trinajstić information content (AvgIpc) is 2.39. The van der Waals surface area contributed by atoms with Crippen LogP contribution in [-0.2, 0) is 14.8 Å². The van der Waals surface area contributed by atoms with Crippen LogP contribution in [0.25, 0.3) is 0 Å². The van der Waals surface area contributed by atoms with Gasteiger partial charge in [0.15, 0.2) is 0 Å². The number of hydrogen-bond acceptors (Lipinski definition) is 4. The van der Waals surface area contributed by atoms with Gasteiger partial charge < -0.3 is 10.5 Å². The summed E-state index contributed by atoms with van der Waals surface area (Å²) >= 11 is 0. The molecule has 1 aromatic carbocycles. The number of nitrogens with two attached hydrogens (primary N) is 1. The molecule has 0 aromatic heterocycles. The number of ether oxygens (including phenoxy) is 1. The maximum absolute atomic E-state index is 13.5. The molecule has 2 rings (SSSR count). The molecule has 112 valence electrons. The zero-order valence-corrected chi connectivity index (χ0v) is 12.3. The van der Waals surface area contributed by atoms with Gasteiger partial charge in [-0.15, -0.1) is 0 Å². The first-order chi connectivity index (χ1) is 9.35. The normalized spacial score (nSPS) is 26.3. The Balaban J connectivity index is 2.16. The van der Waals surface area contributed by atoms with Gasteiger partial charge in [-0.3, -0.25) is 0 Å². The number of halogens is 1. The van der Waals surface area contributed by atoms with Crippen molar-refractivity contribution in [3.05, 3.63) is 29.6 Å². The quantitative estimate of drug-likeness (QED) is 0.847. The van der Waals surface area contributed by atoms with Crippen molar-refractivity contribution in [2.24, 2.45) is 5.73 Å². The van der Waals surface area contributed by atoms with Gasteiger partial charge in [-0.1, -0.05) is 6.07 Å². The predicted molar refractivity (Wildman–Crippen MR) is 73.3 cm³/mol. The third-order valence-electron chi connectivity index (χ3n) is 3.49. The van der Waals surface area contributed by atoms with Gasteiger partial charge in [0.25, 0.3) is 0 Å². The summed E-state index contributed by atoms with van der Waals surface area (Å²) in [5.74, 6) is -0.549. The van der Waals surface area contributed by atoms with Crippen molar-refractivity contribution in [1.29, 1.82) is 0 Å². The van der Waals surface area contributed by atoms with Crippen LogP contribution in [-0.4, -0.2) is 33.2 Å². The molecule has 0 radical (unpaired) electrons. The van der Waals surface area contributed by atoms with Crippen molar-refractivity contribution in [2.45, 2.75) is 43.4 Å². The molecule has 7 heteroatoms. The molecule has 1 aliphatic rings. The van der Waals surface area contributed by atoms with Crippen molar-refractivity contribution >= 4 is 10.0 Å². The van der Waals surface area contributed by atoms with Crippen molar-refractivity contribution in [2.75, 3.05) is 6.61 Å². The van der Waals surface area contributed by atoms with Gasteiger partial charge >= 0.3 is 0 Å². The minimum absolute atomic E-state index is 0.102. The van der Waals surface area contributed by atoms with Crippen molar-refractivity contribution in [3.8, 4) is 0 Å². The monoisotopic (exact) mass is 302 g/mol. The van der Waals surface area contributed by atoms with Crippen molar-refractivity contribution in [1.82, 2.24) is 4.72 Å². The lowest BCUT2D eigenvalue weighted by molar-refractivity contribution is -0.0248. The van der Waals surface area contributed by atoms with E-state index in [0.29, 0.717) is 18.6 Å². The summed E-state index contributed by atoms with van der Waals surface area (Å²) in [4.78, 5) is -0.102. The minimum Gasteiger partial charge on any atom is -0.377 e. The fourth-order valence-electron chi connectivity index (χ4n) is 2.18. The Hall–Kier alpha value is -1.02. The third kappa shape index (κ3) is 3.01. The highest BCUT2D eigenvalue weighted by Gasteiger charge is 2.42. The van der Waals surface area contributed by atoms with E-state index in [-0.39, 0.29) is 17.0 Å². The lowest BCUT2D eigenvalue weighted by Crippen LogP contribution is -2.64. The van der Waals surface area contributed by atoms with Gasteiger partial charge in [-0.2, -0.15) is 0 Å². The zero-order chi connectivity index (χ0) is 14.9. The first kappa shape index (κ1) is 15.4. The molecule has 0 aliphatic heterocycles. The summed E-state index contributed by atoms with van der Waals surface area (Å²) < 4.78 is 45.8. The van der Waals surface area contributed by atoms with Crippen LogP contribution < -0.4 is 10.5 Å². The van der Waals surface area contributed by atoms with Crippen LogP contribution in [0.3, 0.4) is 0 Å². The van der Waals surface area contributed by atoms with Crippen LogP contribution in [0.1, 0.15) is 18.9 Å². The second-order valence-electron chi connectivity index (χ2n) is 4.95. The first-order valence-electron chi connectivity index (χ1n) is 6.51. The SMILES string of the molecule is CCOC1CC(N)C1NS(=O)(=O)c1ccc(C)c(F)c1. The second kappa shape index (κ2) is 5.77. The third-order valence-corrected chi connectivity index (χ3v) is 4.95. The Kier molecular flexibility index (Phi) is 4.43. The van der Waals surface area contributed by atoms with E-state index in [1.165, 1.54) is 12.1 Å². The Morgan fingerprint density at radius 3 is 2.75 bits per heavy atom. The molecule has 20 heavy (non-hydrogen) atoms. The number of nitrogens with one attached hydrogen (secondary N) is 1. The summed E-state index contributed by atoms with van der Waals surface area (Å²) in [5.41, 5.74) is 6.20. The molecule has 0 heterocycles. The van der Waals surface area contributed by atoms with E-state index in [1.54, 1.807) is 6.92 Å². The molecule has 1 saturated carbocycles. The molecular formula is C13H19FN2O3S. The summed E-state index contributed by atoms with van der Waals surface area (Å²) in [5, 5.41) is 0. The molecule has 1 aromatic rings. The maximum Gasteiger partial charge on any atom is 0.241 e. The molecule has 0 amide bonds. The van der Waals surface area contributed by atoms with E-state index in [2.05, 4.69) is 4.72 Å². The molecular weight excluding hydrogens is 283 g/mol. The van der Waals surface area contributed by atoms with Crippen LogP contribution >= 0.6 is 0 Å². The van der Waals surface area contributed by atoms with Gasteiger partial charge in [-0.05, 0) is 38.0 Å². The molecule has 3 unspecified atom stereocenters. The van der Waals surface area contributed by atoms with E-state index in [4.69, 9.17) is 10.5 Å². The summed E-state index contributed by atoms with van der Waals surface area (Å²) in [6.45, 7) is 3.91. The summed E-state index contributed by atoms with van der Waals surface area (Å²) in [7, 11) is -3.79. The van der Waals surface area contributed by atoms with Crippen LogP contribution in [0, 0.1) is 12.7 Å². The van der Waals surface area contributed by atoms with E-state index >= 15 is 0 Å². The van der Waals surface area contributed by atoms with Gasteiger partial charge in [0.1, 0.15) is 5.82 Å². The molecule has 1 aliphatic carbocycles. The molecule has 3 atom stereocenters. The molecule has 3 N–H and O–H groups in total. The lowest BCUT2D eigenvalue weighted by Gasteiger charge is -2.42. The molecule has 0 saturated heterocycles. The molecule has 0 bridgehead atoms. The standard InChI is InChI=1S/C13H19FN2O3S/c1-3-19-12-7-11(15)13(12)16-20(17,18)9-5-4-8(2)10(14)6-9/h4-6,11-13,16H,3,7,15H2,1-2H3. The van der Waals surface area contributed by atoms with Gasteiger partial charge in [0, 0.05) is 12.6 Å². The van der Waals surface area contributed by atoms with Gasteiger partial charge in [-0.25, -0.2) is 17.5 Å². The topological polar surface area (TPSA) is 81.4 Å². The summed E-state index contributed by atoms with van der Waals surface area (Å²) in [6.07, 6.45) is 0.392. The molecule has 0 spiro atoms. The zero-order valence-electron chi connectivity index (χ0n) is 11.5. The largest absolute Gasteiger partial charge is 0.377 e. The fourth-order valence-corrected chi connectivity index (χ4v) is 3.51. The van der Waals surface area contributed by atoms with Crippen LogP contribution in [0.15, 0.2) is 23.1 Å². The Morgan fingerprint density at radius 1 is 1.50 bits per heavy atom. The predicted octanol–water partition coefficient (Wildman–Crippen LogP) is 0.917. The maximum atomic E-state index is 13.5. The number of sulfonamides is 1. The van der Waals surface area contributed by atoms with Crippen molar-refractivity contribution in [3.63, 3.8) is 0 Å². The Labute approximate surface area is 118 Å². The van der Waals surface area contributed by atoms with Gasteiger partial charge in [0.05, 0.1) is 17.0 Å². The first-order valence-corrected chi connectivity index (χ1v) is 7.99. The summed E-state index contributed by atoms with van der Waals surface area (Å²) in [6, 6.07) is 3.07. The van der Waals surface area contributed by atoms with Crippen LogP contribution in [0.4, 0.5) is 4.39 Å². The fraction of sp³-hybridized carbons (Fsp3) is 0.538. The molecule has 1 fully saturated rings. The van der Waals surface area contributed by atoms with Crippen LogP contribution in [0.5, 0.6) is 0 Å². The van der Waals surface area contributed by atoms with E-state index in [9.17, 15) is 12.8 Å². The number of hydrogen-bond donors (Lipinski definition) is 2. The molecule has 5 nitrogen and oxygen atoms in total. The van der Waals surface area contributed by atoms with Crippen molar-refractivity contribution < 1.29 is 17.5 Å². The average molecular weight is 302 g/mol. The number of aryl methyl sites for hydroxylation is 1. The Morgan fingerprint density at radius 2 is 2.20 bits per heavy atom.